The Bertz CT molecular complexity index is 198. The fourth-order valence-electron chi connectivity index (χ4n) is 2.41. The molecule has 0 aliphatic heterocycles. The van der Waals surface area contributed by atoms with Crippen LogP contribution in [-0.2, 0) is 4.79 Å². The minimum Gasteiger partial charge on any atom is -0.303 e. The Morgan fingerprint density at radius 2 is 2.08 bits per heavy atom. The number of nitrogens with zero attached hydrogens (tertiary/aromatic N) is 1. The standard InChI is InChI=1S/C11H19NO/c1-12(10-5-3-6-10)8-9-4-2-7-11(9)13/h9-10H,2-8H2,1H3. The average molecular weight is 181 g/mol. The number of ketones is 1. The molecular weight excluding hydrogens is 162 g/mol. The number of hydrogen-bond donors (Lipinski definition) is 0. The van der Waals surface area contributed by atoms with Crippen LogP contribution in [0.2, 0.25) is 0 Å². The second-order valence-corrected chi connectivity index (χ2v) is 4.58. The van der Waals surface area contributed by atoms with Crippen molar-refractivity contribution in [3.8, 4) is 0 Å². The van der Waals surface area contributed by atoms with E-state index in [9.17, 15) is 4.79 Å². The average Bonchev–Trinajstić information content (AvgIpc) is 2.32. The molecule has 0 aromatic heterocycles. The zero-order valence-electron chi connectivity index (χ0n) is 8.46. The number of hydrogen-bond acceptors (Lipinski definition) is 2. The van der Waals surface area contributed by atoms with Crippen LogP contribution in [0.5, 0.6) is 0 Å². The Labute approximate surface area is 80.3 Å². The summed E-state index contributed by atoms with van der Waals surface area (Å²) in [5.41, 5.74) is 0. The van der Waals surface area contributed by atoms with Crippen molar-refractivity contribution in [1.82, 2.24) is 4.90 Å². The molecule has 0 saturated heterocycles. The summed E-state index contributed by atoms with van der Waals surface area (Å²) in [6.45, 7) is 1.02. The predicted octanol–water partition coefficient (Wildman–Crippen LogP) is 1.84. The molecule has 2 saturated carbocycles. The molecule has 2 aliphatic rings. The first kappa shape index (κ1) is 9.20. The van der Waals surface area contributed by atoms with E-state index in [4.69, 9.17) is 0 Å². The Hall–Kier alpha value is -0.370. The van der Waals surface area contributed by atoms with Crippen molar-refractivity contribution in [2.75, 3.05) is 13.6 Å². The van der Waals surface area contributed by atoms with Crippen molar-refractivity contribution in [1.29, 1.82) is 0 Å². The van der Waals surface area contributed by atoms with Crippen LogP contribution in [0.15, 0.2) is 0 Å². The summed E-state index contributed by atoms with van der Waals surface area (Å²) >= 11 is 0. The Balaban J connectivity index is 1.79. The topological polar surface area (TPSA) is 20.3 Å². The number of rotatable bonds is 3. The van der Waals surface area contributed by atoms with Crippen molar-refractivity contribution in [2.45, 2.75) is 44.6 Å². The molecule has 0 aromatic rings. The molecule has 13 heavy (non-hydrogen) atoms. The van der Waals surface area contributed by atoms with Crippen LogP contribution < -0.4 is 0 Å². The molecule has 2 fully saturated rings. The van der Waals surface area contributed by atoms with Gasteiger partial charge in [-0.3, -0.25) is 4.79 Å². The molecule has 2 rings (SSSR count). The highest BCUT2D eigenvalue weighted by Crippen LogP contribution is 2.27. The SMILES string of the molecule is CN(CC1CCCC1=O)C1CCC1. The summed E-state index contributed by atoms with van der Waals surface area (Å²) in [7, 11) is 2.18. The van der Waals surface area contributed by atoms with E-state index in [0.29, 0.717) is 11.7 Å². The Kier molecular flexibility index (Phi) is 2.68. The molecule has 0 heterocycles. The molecular formula is C11H19NO. The van der Waals surface area contributed by atoms with E-state index < -0.39 is 0 Å². The van der Waals surface area contributed by atoms with Crippen molar-refractivity contribution < 1.29 is 4.79 Å². The van der Waals surface area contributed by atoms with Crippen molar-refractivity contribution in [2.24, 2.45) is 5.92 Å². The van der Waals surface area contributed by atoms with Crippen LogP contribution in [0, 0.1) is 5.92 Å². The Morgan fingerprint density at radius 1 is 1.31 bits per heavy atom. The van der Waals surface area contributed by atoms with Gasteiger partial charge in [0.15, 0.2) is 0 Å². The van der Waals surface area contributed by atoms with Gasteiger partial charge in [-0.1, -0.05) is 6.42 Å². The fourth-order valence-corrected chi connectivity index (χ4v) is 2.41. The predicted molar refractivity (Wildman–Crippen MR) is 52.6 cm³/mol. The lowest BCUT2D eigenvalue weighted by atomic mass is 9.91. The largest absolute Gasteiger partial charge is 0.303 e. The maximum absolute atomic E-state index is 11.4. The molecule has 0 bridgehead atoms. The third-order valence-electron chi connectivity index (χ3n) is 3.64. The van der Waals surface area contributed by atoms with Crippen molar-refractivity contribution in [3.05, 3.63) is 0 Å². The van der Waals surface area contributed by atoms with Gasteiger partial charge in [0.2, 0.25) is 0 Å². The quantitative estimate of drug-likeness (QED) is 0.662. The number of carbonyl (C=O) groups is 1. The van der Waals surface area contributed by atoms with Crippen LogP contribution in [-0.4, -0.2) is 30.3 Å². The van der Waals surface area contributed by atoms with E-state index in [1.807, 2.05) is 0 Å². The van der Waals surface area contributed by atoms with E-state index in [-0.39, 0.29) is 0 Å². The zero-order chi connectivity index (χ0) is 9.26. The van der Waals surface area contributed by atoms with Gasteiger partial charge in [-0.05, 0) is 32.7 Å². The van der Waals surface area contributed by atoms with Crippen LogP contribution in [0.25, 0.3) is 0 Å². The van der Waals surface area contributed by atoms with E-state index in [2.05, 4.69) is 11.9 Å². The molecule has 2 heteroatoms. The van der Waals surface area contributed by atoms with Gasteiger partial charge in [-0.2, -0.15) is 0 Å². The second-order valence-electron chi connectivity index (χ2n) is 4.58. The molecule has 1 unspecified atom stereocenters. The summed E-state index contributed by atoms with van der Waals surface area (Å²) in [4.78, 5) is 13.8. The fraction of sp³-hybridized carbons (Fsp3) is 0.909. The highest BCUT2D eigenvalue weighted by Gasteiger charge is 2.29. The highest BCUT2D eigenvalue weighted by molar-refractivity contribution is 5.83. The first-order chi connectivity index (χ1) is 6.27. The molecule has 0 radical (unpaired) electrons. The van der Waals surface area contributed by atoms with Crippen LogP contribution >= 0.6 is 0 Å². The summed E-state index contributed by atoms with van der Waals surface area (Å²) < 4.78 is 0. The Morgan fingerprint density at radius 3 is 2.54 bits per heavy atom. The smallest absolute Gasteiger partial charge is 0.137 e. The van der Waals surface area contributed by atoms with Gasteiger partial charge in [0.05, 0.1) is 0 Å². The van der Waals surface area contributed by atoms with Gasteiger partial charge in [0, 0.05) is 24.9 Å². The van der Waals surface area contributed by atoms with Gasteiger partial charge >= 0.3 is 0 Å². The minimum absolute atomic E-state index is 0.366. The lowest BCUT2D eigenvalue weighted by Crippen LogP contribution is -2.40. The van der Waals surface area contributed by atoms with Gasteiger partial charge < -0.3 is 4.90 Å². The van der Waals surface area contributed by atoms with E-state index >= 15 is 0 Å². The van der Waals surface area contributed by atoms with Gasteiger partial charge in [0.1, 0.15) is 5.78 Å². The molecule has 0 aromatic carbocycles. The summed E-state index contributed by atoms with van der Waals surface area (Å²) in [6.07, 6.45) is 7.17. The van der Waals surface area contributed by atoms with E-state index in [1.54, 1.807) is 0 Å². The molecule has 0 amide bonds. The summed E-state index contributed by atoms with van der Waals surface area (Å²) in [5, 5.41) is 0. The molecule has 74 valence electrons. The second kappa shape index (κ2) is 3.79. The van der Waals surface area contributed by atoms with Crippen LogP contribution in [0.4, 0.5) is 0 Å². The van der Waals surface area contributed by atoms with Crippen LogP contribution in [0.3, 0.4) is 0 Å². The first-order valence-electron chi connectivity index (χ1n) is 5.50. The number of Topliss-reactive ketones (excluding diaryl/α,β-unsaturated/α-hetero) is 1. The third-order valence-corrected chi connectivity index (χ3v) is 3.64. The monoisotopic (exact) mass is 181 g/mol. The third kappa shape index (κ3) is 1.93. The normalized spacial score (nSPS) is 29.7. The summed E-state index contributed by atoms with van der Waals surface area (Å²) in [5.74, 6) is 0.872. The van der Waals surface area contributed by atoms with Gasteiger partial charge in [0.25, 0.3) is 0 Å². The molecule has 0 spiro atoms. The van der Waals surface area contributed by atoms with Gasteiger partial charge in [-0.15, -0.1) is 0 Å². The first-order valence-corrected chi connectivity index (χ1v) is 5.50. The van der Waals surface area contributed by atoms with Crippen molar-refractivity contribution >= 4 is 5.78 Å². The van der Waals surface area contributed by atoms with Crippen LogP contribution in [0.1, 0.15) is 38.5 Å². The summed E-state index contributed by atoms with van der Waals surface area (Å²) in [6, 6.07) is 0.786. The maximum atomic E-state index is 11.4. The molecule has 2 aliphatic carbocycles. The lowest BCUT2D eigenvalue weighted by Gasteiger charge is -2.35. The minimum atomic E-state index is 0.366. The van der Waals surface area contributed by atoms with Crippen molar-refractivity contribution in [3.63, 3.8) is 0 Å². The maximum Gasteiger partial charge on any atom is 0.137 e. The van der Waals surface area contributed by atoms with E-state index in [0.717, 1.165) is 31.8 Å². The molecule has 0 N–H and O–H groups in total. The zero-order valence-corrected chi connectivity index (χ0v) is 8.46. The number of carbonyl (C=O) groups excluding carboxylic acids is 1. The highest BCUT2D eigenvalue weighted by atomic mass is 16.1. The lowest BCUT2D eigenvalue weighted by molar-refractivity contribution is -0.121. The molecule has 2 nitrogen and oxygen atoms in total. The molecule has 1 atom stereocenters. The van der Waals surface area contributed by atoms with Gasteiger partial charge in [-0.25, -0.2) is 0 Å². The van der Waals surface area contributed by atoms with E-state index in [1.165, 1.54) is 19.3 Å².